The first-order valence-corrected chi connectivity index (χ1v) is 7.21. The number of nitro groups is 1. The van der Waals surface area contributed by atoms with Gasteiger partial charge in [0.2, 0.25) is 0 Å². The second kappa shape index (κ2) is 7.48. The number of alkyl halides is 3. The number of thioether (sulfide) groups is 1. The molecular formula is C13H14F3NO4S. The van der Waals surface area contributed by atoms with Crippen LogP contribution >= 0.6 is 11.8 Å². The van der Waals surface area contributed by atoms with Crippen molar-refractivity contribution in [2.75, 3.05) is 6.61 Å². The lowest BCUT2D eigenvalue weighted by Crippen LogP contribution is -2.11. The molecule has 0 radical (unpaired) electrons. The zero-order valence-electron chi connectivity index (χ0n) is 11.8. The van der Waals surface area contributed by atoms with Crippen LogP contribution in [0.1, 0.15) is 25.8 Å². The summed E-state index contributed by atoms with van der Waals surface area (Å²) in [7, 11) is 0. The number of carbonyl (C=O) groups excluding carboxylic acids is 1. The standard InChI is InChI=1S/C13H14F3NO4S/c1-3-21-12(18)6-8(2)22-11-5-4-9(13(14,15)16)7-10(11)17(19)20/h4-5,7-8H,3,6H2,1-2H3. The zero-order valence-corrected chi connectivity index (χ0v) is 12.7. The van der Waals surface area contributed by atoms with Gasteiger partial charge in [0.05, 0.1) is 28.4 Å². The molecule has 0 saturated carbocycles. The lowest BCUT2D eigenvalue weighted by atomic mass is 10.2. The number of nitro benzene ring substituents is 1. The monoisotopic (exact) mass is 337 g/mol. The van der Waals surface area contributed by atoms with Crippen LogP contribution in [0.3, 0.4) is 0 Å². The Balaban J connectivity index is 2.95. The lowest BCUT2D eigenvalue weighted by molar-refractivity contribution is -0.388. The SMILES string of the molecule is CCOC(=O)CC(C)Sc1ccc(C(F)(F)F)cc1[N+](=O)[O-]. The summed E-state index contributed by atoms with van der Waals surface area (Å²) < 4.78 is 42.5. The van der Waals surface area contributed by atoms with Crippen molar-refractivity contribution in [1.29, 1.82) is 0 Å². The molecule has 1 aromatic rings. The predicted molar refractivity (Wildman–Crippen MR) is 74.7 cm³/mol. The van der Waals surface area contributed by atoms with Crippen molar-refractivity contribution in [1.82, 2.24) is 0 Å². The van der Waals surface area contributed by atoms with Crippen molar-refractivity contribution in [2.24, 2.45) is 0 Å². The van der Waals surface area contributed by atoms with Gasteiger partial charge in [0.1, 0.15) is 0 Å². The fourth-order valence-corrected chi connectivity index (χ4v) is 2.70. The van der Waals surface area contributed by atoms with Gasteiger partial charge in [-0.05, 0) is 19.1 Å². The van der Waals surface area contributed by atoms with E-state index in [1.165, 1.54) is 0 Å². The second-order valence-electron chi connectivity index (χ2n) is 4.37. The lowest BCUT2D eigenvalue weighted by Gasteiger charge is -2.12. The smallest absolute Gasteiger partial charge is 0.416 e. The average Bonchev–Trinajstić information content (AvgIpc) is 2.37. The molecule has 1 aromatic carbocycles. The molecule has 1 rings (SSSR count). The summed E-state index contributed by atoms with van der Waals surface area (Å²) in [5.41, 5.74) is -1.71. The molecule has 0 amide bonds. The van der Waals surface area contributed by atoms with Crippen LogP contribution in [0.2, 0.25) is 0 Å². The fourth-order valence-electron chi connectivity index (χ4n) is 1.65. The molecule has 0 heterocycles. The highest BCUT2D eigenvalue weighted by atomic mass is 32.2. The third-order valence-corrected chi connectivity index (χ3v) is 3.74. The minimum atomic E-state index is -4.65. The van der Waals surface area contributed by atoms with Gasteiger partial charge in [-0.15, -0.1) is 11.8 Å². The average molecular weight is 337 g/mol. The van der Waals surface area contributed by atoms with Crippen LogP contribution in [0.15, 0.2) is 23.1 Å². The summed E-state index contributed by atoms with van der Waals surface area (Å²) >= 11 is 0.962. The van der Waals surface area contributed by atoms with E-state index in [1.807, 2.05) is 0 Å². The minimum Gasteiger partial charge on any atom is -0.466 e. The van der Waals surface area contributed by atoms with Gasteiger partial charge in [-0.25, -0.2) is 0 Å². The summed E-state index contributed by atoms with van der Waals surface area (Å²) in [6.07, 6.45) is -4.64. The predicted octanol–water partition coefficient (Wildman–Crippen LogP) is 4.05. The van der Waals surface area contributed by atoms with Crippen LogP contribution < -0.4 is 0 Å². The molecule has 0 fully saturated rings. The van der Waals surface area contributed by atoms with Crippen molar-refractivity contribution < 1.29 is 27.6 Å². The van der Waals surface area contributed by atoms with Crippen molar-refractivity contribution >= 4 is 23.4 Å². The van der Waals surface area contributed by atoms with Crippen LogP contribution in [0.4, 0.5) is 18.9 Å². The number of esters is 1. The maximum absolute atomic E-state index is 12.6. The molecule has 22 heavy (non-hydrogen) atoms. The first-order valence-electron chi connectivity index (χ1n) is 6.33. The van der Waals surface area contributed by atoms with Crippen LogP contribution in [0, 0.1) is 10.1 Å². The number of hydrogen-bond acceptors (Lipinski definition) is 5. The Morgan fingerprint density at radius 3 is 2.59 bits per heavy atom. The van der Waals surface area contributed by atoms with Crippen molar-refractivity contribution in [3.63, 3.8) is 0 Å². The Morgan fingerprint density at radius 1 is 1.45 bits per heavy atom. The molecule has 0 aromatic heterocycles. The van der Waals surface area contributed by atoms with Gasteiger partial charge < -0.3 is 4.74 Å². The van der Waals surface area contributed by atoms with E-state index in [2.05, 4.69) is 0 Å². The highest BCUT2D eigenvalue weighted by Crippen LogP contribution is 2.38. The van der Waals surface area contributed by atoms with Crippen LogP contribution in [-0.4, -0.2) is 22.7 Å². The normalized spacial score (nSPS) is 12.8. The molecule has 0 saturated heterocycles. The minimum absolute atomic E-state index is 0.0106. The molecule has 0 aliphatic rings. The van der Waals surface area contributed by atoms with E-state index < -0.39 is 28.3 Å². The van der Waals surface area contributed by atoms with E-state index in [4.69, 9.17) is 4.74 Å². The molecule has 0 N–H and O–H groups in total. The fraction of sp³-hybridized carbons (Fsp3) is 0.462. The third kappa shape index (κ3) is 5.21. The van der Waals surface area contributed by atoms with E-state index in [9.17, 15) is 28.1 Å². The van der Waals surface area contributed by atoms with Crippen molar-refractivity contribution in [3.8, 4) is 0 Å². The van der Waals surface area contributed by atoms with E-state index in [0.29, 0.717) is 6.07 Å². The number of carbonyl (C=O) groups is 1. The molecule has 5 nitrogen and oxygen atoms in total. The van der Waals surface area contributed by atoms with Gasteiger partial charge in [-0.3, -0.25) is 14.9 Å². The molecule has 122 valence electrons. The largest absolute Gasteiger partial charge is 0.466 e. The van der Waals surface area contributed by atoms with E-state index in [0.717, 1.165) is 23.9 Å². The first kappa shape index (κ1) is 18.3. The number of hydrogen-bond donors (Lipinski definition) is 0. The summed E-state index contributed by atoms with van der Waals surface area (Å²) in [6.45, 7) is 3.51. The van der Waals surface area contributed by atoms with Crippen molar-refractivity contribution in [3.05, 3.63) is 33.9 Å². The van der Waals surface area contributed by atoms with Gasteiger partial charge in [-0.2, -0.15) is 13.2 Å². The van der Waals surface area contributed by atoms with E-state index in [-0.39, 0.29) is 23.2 Å². The summed E-state index contributed by atoms with van der Waals surface area (Å²) in [4.78, 5) is 21.5. The highest BCUT2D eigenvalue weighted by Gasteiger charge is 2.33. The van der Waals surface area contributed by atoms with Gasteiger partial charge in [-0.1, -0.05) is 6.92 Å². The van der Waals surface area contributed by atoms with Crippen LogP contribution in [0.5, 0.6) is 0 Å². The Bertz CT molecular complexity index is 563. The molecule has 1 atom stereocenters. The molecule has 1 unspecified atom stereocenters. The van der Waals surface area contributed by atoms with Gasteiger partial charge in [0.15, 0.2) is 0 Å². The topological polar surface area (TPSA) is 69.4 Å². The van der Waals surface area contributed by atoms with E-state index in [1.54, 1.807) is 13.8 Å². The zero-order chi connectivity index (χ0) is 16.9. The highest BCUT2D eigenvalue weighted by molar-refractivity contribution is 8.00. The summed E-state index contributed by atoms with van der Waals surface area (Å²) in [5, 5.41) is 10.6. The van der Waals surface area contributed by atoms with Crippen LogP contribution in [0.25, 0.3) is 0 Å². The summed E-state index contributed by atoms with van der Waals surface area (Å²) in [6, 6.07) is 2.33. The number of ether oxygens (including phenoxy) is 1. The Labute approximate surface area is 129 Å². The number of nitrogens with zero attached hydrogens (tertiary/aromatic N) is 1. The Hall–Kier alpha value is -1.77. The quantitative estimate of drug-likeness (QED) is 0.339. The maximum atomic E-state index is 12.6. The van der Waals surface area contributed by atoms with Gasteiger partial charge in [0, 0.05) is 11.3 Å². The molecule has 0 aliphatic carbocycles. The van der Waals surface area contributed by atoms with E-state index >= 15 is 0 Å². The van der Waals surface area contributed by atoms with Crippen molar-refractivity contribution in [2.45, 2.75) is 36.6 Å². The number of halogens is 3. The van der Waals surface area contributed by atoms with Gasteiger partial charge in [0.25, 0.3) is 5.69 Å². The molecule has 0 aliphatic heterocycles. The number of benzene rings is 1. The molecule has 0 spiro atoms. The molecular weight excluding hydrogens is 323 g/mol. The first-order chi connectivity index (χ1) is 10.1. The number of rotatable bonds is 6. The third-order valence-electron chi connectivity index (χ3n) is 2.57. The van der Waals surface area contributed by atoms with Crippen LogP contribution in [-0.2, 0) is 15.7 Å². The molecule has 0 bridgehead atoms. The Kier molecular flexibility index (Phi) is 6.21. The molecule has 9 heteroatoms. The second-order valence-corrected chi connectivity index (χ2v) is 5.86. The Morgan fingerprint density at radius 2 is 2.09 bits per heavy atom. The summed E-state index contributed by atoms with van der Waals surface area (Å²) in [5.74, 6) is -0.461. The van der Waals surface area contributed by atoms with Gasteiger partial charge >= 0.3 is 12.1 Å². The maximum Gasteiger partial charge on any atom is 0.416 e.